The van der Waals surface area contributed by atoms with Gasteiger partial charge in [-0.05, 0) is 58.4 Å². The maximum atomic E-state index is 6.36. The number of ether oxygens (including phenoxy) is 2. The number of nitrogens with one attached hydrogen (secondary N) is 1. The molecule has 3 heteroatoms. The third kappa shape index (κ3) is 5.41. The van der Waals surface area contributed by atoms with Crippen LogP contribution in [0.2, 0.25) is 0 Å². The Morgan fingerprint density at radius 1 is 1.21 bits per heavy atom. The zero-order valence-corrected chi connectivity index (χ0v) is 13.5. The zero-order valence-electron chi connectivity index (χ0n) is 13.5. The largest absolute Gasteiger partial charge is 0.379 e. The van der Waals surface area contributed by atoms with Crippen molar-refractivity contribution >= 4 is 0 Å². The van der Waals surface area contributed by atoms with Gasteiger partial charge in [-0.1, -0.05) is 13.8 Å². The first-order valence-electron chi connectivity index (χ1n) is 7.93. The van der Waals surface area contributed by atoms with E-state index >= 15 is 0 Å². The lowest BCUT2D eigenvalue weighted by molar-refractivity contribution is -0.132. The molecule has 1 N–H and O–H groups in total. The molecule has 0 aliphatic heterocycles. The van der Waals surface area contributed by atoms with E-state index in [1.807, 2.05) is 14.0 Å². The van der Waals surface area contributed by atoms with Crippen molar-refractivity contribution in [3.8, 4) is 0 Å². The van der Waals surface area contributed by atoms with E-state index in [0.717, 1.165) is 25.0 Å². The van der Waals surface area contributed by atoms with Crippen LogP contribution in [0.3, 0.4) is 0 Å². The minimum Gasteiger partial charge on any atom is -0.379 e. The van der Waals surface area contributed by atoms with Gasteiger partial charge in [-0.15, -0.1) is 0 Å². The molecule has 0 aromatic rings. The highest BCUT2D eigenvalue weighted by Crippen LogP contribution is 2.38. The normalized spacial score (nSPS) is 29.7. The van der Waals surface area contributed by atoms with Crippen molar-refractivity contribution in [3.63, 3.8) is 0 Å². The van der Waals surface area contributed by atoms with Crippen LogP contribution < -0.4 is 5.32 Å². The molecule has 0 spiro atoms. The van der Waals surface area contributed by atoms with Crippen molar-refractivity contribution in [2.24, 2.45) is 11.8 Å². The summed E-state index contributed by atoms with van der Waals surface area (Å²) in [7, 11) is 2.02. The van der Waals surface area contributed by atoms with Crippen LogP contribution in [0.4, 0.5) is 0 Å². The van der Waals surface area contributed by atoms with Gasteiger partial charge in [-0.3, -0.25) is 0 Å². The van der Waals surface area contributed by atoms with E-state index in [1.165, 1.54) is 25.7 Å². The summed E-state index contributed by atoms with van der Waals surface area (Å²) in [6, 6.07) is 0. The second-order valence-corrected chi connectivity index (χ2v) is 6.38. The Morgan fingerprint density at radius 2 is 1.84 bits per heavy atom. The van der Waals surface area contributed by atoms with E-state index < -0.39 is 0 Å². The Balaban J connectivity index is 2.51. The lowest BCUT2D eigenvalue weighted by Crippen LogP contribution is -2.48. The molecule has 0 saturated heterocycles. The van der Waals surface area contributed by atoms with Gasteiger partial charge in [0.05, 0.1) is 18.3 Å². The molecule has 1 unspecified atom stereocenters. The smallest absolute Gasteiger partial charge is 0.0811 e. The SMILES string of the molecule is CCOCC(C)OC1(CNC)CCC(C(C)C)CC1. The molecule has 0 bridgehead atoms. The summed E-state index contributed by atoms with van der Waals surface area (Å²) in [6.07, 6.45) is 5.12. The molecule has 1 aliphatic carbocycles. The van der Waals surface area contributed by atoms with Crippen molar-refractivity contribution in [3.05, 3.63) is 0 Å². The fraction of sp³-hybridized carbons (Fsp3) is 1.00. The highest BCUT2D eigenvalue weighted by atomic mass is 16.5. The maximum Gasteiger partial charge on any atom is 0.0811 e. The van der Waals surface area contributed by atoms with Crippen LogP contribution in [0.5, 0.6) is 0 Å². The summed E-state index contributed by atoms with van der Waals surface area (Å²) < 4.78 is 11.8. The average Bonchev–Trinajstić information content (AvgIpc) is 2.37. The highest BCUT2D eigenvalue weighted by molar-refractivity contribution is 4.90. The molecule has 3 nitrogen and oxygen atoms in total. The second-order valence-electron chi connectivity index (χ2n) is 6.38. The third-order valence-electron chi connectivity index (χ3n) is 4.39. The molecule has 0 aromatic heterocycles. The molecular formula is C16H33NO2. The van der Waals surface area contributed by atoms with Gasteiger partial charge in [0.25, 0.3) is 0 Å². The molecule has 1 rings (SSSR count). The van der Waals surface area contributed by atoms with Gasteiger partial charge in [0.2, 0.25) is 0 Å². The zero-order chi connectivity index (χ0) is 14.3. The molecule has 0 radical (unpaired) electrons. The van der Waals surface area contributed by atoms with E-state index in [4.69, 9.17) is 9.47 Å². The summed E-state index contributed by atoms with van der Waals surface area (Å²) in [5, 5.41) is 3.32. The van der Waals surface area contributed by atoms with Crippen molar-refractivity contribution in [1.29, 1.82) is 0 Å². The van der Waals surface area contributed by atoms with E-state index in [9.17, 15) is 0 Å². The Hall–Kier alpha value is -0.120. The minimum atomic E-state index is 0.0245. The summed E-state index contributed by atoms with van der Waals surface area (Å²) in [4.78, 5) is 0. The molecule has 19 heavy (non-hydrogen) atoms. The number of hydrogen-bond donors (Lipinski definition) is 1. The van der Waals surface area contributed by atoms with Crippen molar-refractivity contribution in [1.82, 2.24) is 5.32 Å². The molecular weight excluding hydrogens is 238 g/mol. The fourth-order valence-electron chi connectivity index (χ4n) is 3.24. The van der Waals surface area contributed by atoms with Crippen molar-refractivity contribution in [2.75, 3.05) is 26.8 Å². The van der Waals surface area contributed by atoms with Gasteiger partial charge in [0.1, 0.15) is 0 Å². The van der Waals surface area contributed by atoms with Gasteiger partial charge in [-0.25, -0.2) is 0 Å². The van der Waals surface area contributed by atoms with Crippen LogP contribution >= 0.6 is 0 Å². The van der Waals surface area contributed by atoms with Crippen LogP contribution in [0, 0.1) is 11.8 Å². The first kappa shape index (κ1) is 16.9. The highest BCUT2D eigenvalue weighted by Gasteiger charge is 2.37. The standard InChI is InChI=1S/C16H33NO2/c1-6-18-11-14(4)19-16(12-17-5)9-7-15(8-10-16)13(2)3/h13-15,17H,6-12H2,1-5H3. The Bertz CT molecular complexity index is 235. The lowest BCUT2D eigenvalue weighted by atomic mass is 9.74. The Labute approximate surface area is 119 Å². The number of likely N-dealkylation sites (N-methyl/N-ethyl adjacent to an activating group) is 1. The van der Waals surface area contributed by atoms with Crippen LogP contribution in [0.25, 0.3) is 0 Å². The van der Waals surface area contributed by atoms with Crippen LogP contribution in [-0.4, -0.2) is 38.5 Å². The van der Waals surface area contributed by atoms with Crippen LogP contribution in [-0.2, 0) is 9.47 Å². The quantitative estimate of drug-likeness (QED) is 0.735. The summed E-state index contributed by atoms with van der Waals surface area (Å²) in [6.45, 7) is 11.3. The van der Waals surface area contributed by atoms with Crippen LogP contribution in [0.1, 0.15) is 53.4 Å². The van der Waals surface area contributed by atoms with E-state index in [-0.39, 0.29) is 11.7 Å². The van der Waals surface area contributed by atoms with Gasteiger partial charge < -0.3 is 14.8 Å². The molecule has 0 amide bonds. The first-order valence-corrected chi connectivity index (χ1v) is 7.93. The van der Waals surface area contributed by atoms with Crippen LogP contribution in [0.15, 0.2) is 0 Å². The van der Waals surface area contributed by atoms with E-state index in [0.29, 0.717) is 6.61 Å². The predicted octanol–water partition coefficient (Wildman–Crippen LogP) is 3.23. The van der Waals surface area contributed by atoms with Gasteiger partial charge in [-0.2, -0.15) is 0 Å². The molecule has 114 valence electrons. The predicted molar refractivity (Wildman–Crippen MR) is 80.5 cm³/mol. The Kier molecular flexibility index (Phi) is 7.33. The van der Waals surface area contributed by atoms with E-state index in [2.05, 4.69) is 26.1 Å². The molecule has 1 saturated carbocycles. The number of rotatable bonds is 8. The molecule has 0 heterocycles. The van der Waals surface area contributed by atoms with E-state index in [1.54, 1.807) is 0 Å². The molecule has 1 atom stereocenters. The second kappa shape index (κ2) is 8.23. The van der Waals surface area contributed by atoms with Gasteiger partial charge >= 0.3 is 0 Å². The molecule has 1 aliphatic rings. The fourth-order valence-corrected chi connectivity index (χ4v) is 3.24. The summed E-state index contributed by atoms with van der Waals surface area (Å²) in [5.41, 5.74) is 0.0245. The van der Waals surface area contributed by atoms with Gasteiger partial charge in [0, 0.05) is 13.2 Å². The third-order valence-corrected chi connectivity index (χ3v) is 4.39. The van der Waals surface area contributed by atoms with Gasteiger partial charge in [0.15, 0.2) is 0 Å². The number of hydrogen-bond acceptors (Lipinski definition) is 3. The molecule has 0 aromatic carbocycles. The summed E-state index contributed by atoms with van der Waals surface area (Å²) >= 11 is 0. The maximum absolute atomic E-state index is 6.36. The minimum absolute atomic E-state index is 0.0245. The lowest BCUT2D eigenvalue weighted by Gasteiger charge is -2.42. The monoisotopic (exact) mass is 271 g/mol. The van der Waals surface area contributed by atoms with Crippen molar-refractivity contribution < 1.29 is 9.47 Å². The Morgan fingerprint density at radius 3 is 2.32 bits per heavy atom. The average molecular weight is 271 g/mol. The topological polar surface area (TPSA) is 30.5 Å². The first-order chi connectivity index (χ1) is 9.03. The van der Waals surface area contributed by atoms with Crippen molar-refractivity contribution in [2.45, 2.75) is 65.1 Å². The summed E-state index contributed by atoms with van der Waals surface area (Å²) in [5.74, 6) is 1.67. The molecule has 1 fully saturated rings.